The van der Waals surface area contributed by atoms with E-state index in [1.54, 1.807) is 6.20 Å². The molecule has 0 atom stereocenters. The molecule has 0 spiro atoms. The van der Waals surface area contributed by atoms with Gasteiger partial charge in [0.15, 0.2) is 0 Å². The highest BCUT2D eigenvalue weighted by molar-refractivity contribution is 5.94. The highest BCUT2D eigenvalue weighted by atomic mass is 16.5. The molecule has 2 heterocycles. The zero-order valence-corrected chi connectivity index (χ0v) is 15.0. The number of ether oxygens (including phenoxy) is 1. The molecule has 1 aromatic rings. The molecule has 0 aliphatic carbocycles. The van der Waals surface area contributed by atoms with Crippen LogP contribution in [0, 0.1) is 5.41 Å². The van der Waals surface area contributed by atoms with Crippen LogP contribution in [0.1, 0.15) is 51.4 Å². The minimum absolute atomic E-state index is 0.0692. The Hall–Kier alpha value is -1.62. The van der Waals surface area contributed by atoms with Crippen LogP contribution in [-0.2, 0) is 4.74 Å². The zero-order valence-electron chi connectivity index (χ0n) is 15.0. The predicted octanol–water partition coefficient (Wildman–Crippen LogP) is 2.86. The van der Waals surface area contributed by atoms with Crippen LogP contribution in [-0.4, -0.2) is 42.7 Å². The first-order valence-electron chi connectivity index (χ1n) is 8.28. The second-order valence-corrected chi connectivity index (χ2v) is 8.08. The largest absolute Gasteiger partial charge is 0.378 e. The van der Waals surface area contributed by atoms with E-state index in [0.717, 1.165) is 38.5 Å². The highest BCUT2D eigenvalue weighted by Crippen LogP contribution is 2.27. The van der Waals surface area contributed by atoms with E-state index in [4.69, 9.17) is 4.74 Å². The normalized spacial score (nSPS) is 16.3. The van der Waals surface area contributed by atoms with Crippen molar-refractivity contribution in [3.8, 4) is 0 Å². The molecule has 2 rings (SSSR count). The Bertz CT molecular complexity index is 526. The number of carbonyl (C=O) groups excluding carboxylic acids is 1. The third kappa shape index (κ3) is 5.50. The van der Waals surface area contributed by atoms with Gasteiger partial charge in [0.2, 0.25) is 0 Å². The maximum Gasteiger partial charge on any atom is 0.253 e. The molecule has 0 bridgehead atoms. The Morgan fingerprint density at radius 1 is 1.22 bits per heavy atom. The number of morpholine rings is 1. The lowest BCUT2D eigenvalue weighted by Gasteiger charge is -2.33. The minimum Gasteiger partial charge on any atom is -0.378 e. The van der Waals surface area contributed by atoms with Crippen molar-refractivity contribution in [1.82, 2.24) is 10.3 Å². The highest BCUT2D eigenvalue weighted by Gasteiger charge is 2.27. The summed E-state index contributed by atoms with van der Waals surface area (Å²) in [6.07, 6.45) is 2.57. The number of nitrogens with one attached hydrogen (secondary N) is 1. The van der Waals surface area contributed by atoms with Crippen LogP contribution in [0.5, 0.6) is 0 Å². The molecule has 1 aliphatic rings. The van der Waals surface area contributed by atoms with E-state index in [-0.39, 0.29) is 16.9 Å². The standard InChI is InChI=1S/C18H29N3O2/c1-17(2,3)13-18(4,5)20-16(22)14-6-7-15(19-12-14)21-8-10-23-11-9-21/h6-7,12H,8-11,13H2,1-5H3,(H,20,22). The Balaban J connectivity index is 1.99. The van der Waals surface area contributed by atoms with Crippen molar-refractivity contribution in [1.29, 1.82) is 0 Å². The zero-order chi connectivity index (χ0) is 17.1. The minimum atomic E-state index is -0.252. The lowest BCUT2D eigenvalue weighted by Crippen LogP contribution is -2.45. The summed E-state index contributed by atoms with van der Waals surface area (Å²) in [5.74, 6) is 0.832. The Kier molecular flexibility index (Phi) is 5.30. The molecular formula is C18H29N3O2. The number of pyridine rings is 1. The quantitative estimate of drug-likeness (QED) is 0.927. The van der Waals surface area contributed by atoms with E-state index >= 15 is 0 Å². The van der Waals surface area contributed by atoms with Gasteiger partial charge in [0.1, 0.15) is 5.82 Å². The Morgan fingerprint density at radius 3 is 2.39 bits per heavy atom. The summed E-state index contributed by atoms with van der Waals surface area (Å²) < 4.78 is 5.34. The molecule has 1 N–H and O–H groups in total. The van der Waals surface area contributed by atoms with Crippen molar-refractivity contribution in [2.75, 3.05) is 31.2 Å². The third-order valence-electron chi connectivity index (χ3n) is 3.77. The van der Waals surface area contributed by atoms with Gasteiger partial charge in [-0.05, 0) is 37.8 Å². The molecular weight excluding hydrogens is 290 g/mol. The van der Waals surface area contributed by atoms with Crippen LogP contribution in [0.25, 0.3) is 0 Å². The van der Waals surface area contributed by atoms with Gasteiger partial charge >= 0.3 is 0 Å². The lowest BCUT2D eigenvalue weighted by molar-refractivity contribution is 0.0891. The summed E-state index contributed by atoms with van der Waals surface area (Å²) in [4.78, 5) is 19.1. The van der Waals surface area contributed by atoms with E-state index < -0.39 is 0 Å². The number of aromatic nitrogens is 1. The monoisotopic (exact) mass is 319 g/mol. The number of nitrogens with zero attached hydrogens (tertiary/aromatic N) is 2. The molecule has 0 radical (unpaired) electrons. The fourth-order valence-corrected chi connectivity index (χ4v) is 3.25. The van der Waals surface area contributed by atoms with Crippen LogP contribution >= 0.6 is 0 Å². The van der Waals surface area contributed by atoms with Crippen molar-refractivity contribution in [2.24, 2.45) is 5.41 Å². The molecule has 128 valence electrons. The summed E-state index contributed by atoms with van der Waals surface area (Å²) in [6.45, 7) is 13.8. The first kappa shape index (κ1) is 17.7. The number of hydrogen-bond acceptors (Lipinski definition) is 4. The molecule has 1 amide bonds. The van der Waals surface area contributed by atoms with Crippen LogP contribution in [0.2, 0.25) is 0 Å². The van der Waals surface area contributed by atoms with Gasteiger partial charge in [0, 0.05) is 24.8 Å². The maximum atomic E-state index is 12.4. The summed E-state index contributed by atoms with van der Waals surface area (Å²) >= 11 is 0. The summed E-state index contributed by atoms with van der Waals surface area (Å²) in [7, 11) is 0. The van der Waals surface area contributed by atoms with E-state index in [1.807, 2.05) is 12.1 Å². The van der Waals surface area contributed by atoms with Crippen LogP contribution in [0.4, 0.5) is 5.82 Å². The topological polar surface area (TPSA) is 54.5 Å². The second-order valence-electron chi connectivity index (χ2n) is 8.08. The van der Waals surface area contributed by atoms with Gasteiger partial charge in [-0.2, -0.15) is 0 Å². The lowest BCUT2D eigenvalue weighted by atomic mass is 9.81. The fraction of sp³-hybridized carbons (Fsp3) is 0.667. The van der Waals surface area contributed by atoms with Gasteiger partial charge in [-0.25, -0.2) is 4.98 Å². The summed E-state index contributed by atoms with van der Waals surface area (Å²) in [6, 6.07) is 3.76. The predicted molar refractivity (Wildman–Crippen MR) is 92.9 cm³/mol. The molecule has 1 aromatic heterocycles. The van der Waals surface area contributed by atoms with E-state index in [0.29, 0.717) is 5.56 Å². The second kappa shape index (κ2) is 6.87. The van der Waals surface area contributed by atoms with Crippen molar-refractivity contribution >= 4 is 11.7 Å². The average molecular weight is 319 g/mol. The molecule has 0 aromatic carbocycles. The molecule has 5 nitrogen and oxygen atoms in total. The van der Waals surface area contributed by atoms with Crippen molar-refractivity contribution in [2.45, 2.75) is 46.6 Å². The molecule has 5 heteroatoms. The Morgan fingerprint density at radius 2 is 1.87 bits per heavy atom. The molecule has 1 aliphatic heterocycles. The Labute approximate surface area is 139 Å². The molecule has 0 unspecified atom stereocenters. The number of hydrogen-bond donors (Lipinski definition) is 1. The van der Waals surface area contributed by atoms with Crippen molar-refractivity contribution in [3.05, 3.63) is 23.9 Å². The van der Waals surface area contributed by atoms with Gasteiger partial charge in [-0.15, -0.1) is 0 Å². The van der Waals surface area contributed by atoms with Crippen molar-refractivity contribution < 1.29 is 9.53 Å². The fourth-order valence-electron chi connectivity index (χ4n) is 3.25. The molecule has 0 saturated carbocycles. The van der Waals surface area contributed by atoms with Gasteiger partial charge in [-0.1, -0.05) is 20.8 Å². The van der Waals surface area contributed by atoms with E-state index in [9.17, 15) is 4.79 Å². The molecule has 1 saturated heterocycles. The van der Waals surface area contributed by atoms with Gasteiger partial charge in [0.05, 0.1) is 18.8 Å². The average Bonchev–Trinajstić information content (AvgIpc) is 2.45. The molecule has 23 heavy (non-hydrogen) atoms. The molecule has 1 fully saturated rings. The number of anilines is 1. The van der Waals surface area contributed by atoms with E-state index in [1.165, 1.54) is 0 Å². The maximum absolute atomic E-state index is 12.4. The van der Waals surface area contributed by atoms with Crippen molar-refractivity contribution in [3.63, 3.8) is 0 Å². The van der Waals surface area contributed by atoms with E-state index in [2.05, 4.69) is 49.8 Å². The van der Waals surface area contributed by atoms with Crippen LogP contribution < -0.4 is 10.2 Å². The summed E-state index contributed by atoms with van der Waals surface area (Å²) in [5.41, 5.74) is 0.511. The first-order valence-corrected chi connectivity index (χ1v) is 8.28. The number of amides is 1. The first-order chi connectivity index (χ1) is 10.7. The SMILES string of the molecule is CC(C)(C)CC(C)(C)NC(=O)c1ccc(N2CCOCC2)nc1. The smallest absolute Gasteiger partial charge is 0.253 e. The van der Waals surface area contributed by atoms with Gasteiger partial charge in [0.25, 0.3) is 5.91 Å². The van der Waals surface area contributed by atoms with Gasteiger partial charge in [-0.3, -0.25) is 4.79 Å². The van der Waals surface area contributed by atoms with Crippen LogP contribution in [0.3, 0.4) is 0 Å². The van der Waals surface area contributed by atoms with Gasteiger partial charge < -0.3 is 15.0 Å². The summed E-state index contributed by atoms with van der Waals surface area (Å²) in [5, 5.41) is 3.12. The number of carbonyl (C=O) groups is 1. The van der Waals surface area contributed by atoms with Crippen LogP contribution in [0.15, 0.2) is 18.3 Å². The number of rotatable bonds is 4. The third-order valence-corrected chi connectivity index (χ3v) is 3.77.